The van der Waals surface area contributed by atoms with E-state index in [1.807, 2.05) is 24.3 Å². The highest BCUT2D eigenvalue weighted by atomic mass is 16.6. The molecule has 1 saturated heterocycles. The van der Waals surface area contributed by atoms with Gasteiger partial charge in [-0.3, -0.25) is 9.69 Å². The topological polar surface area (TPSA) is 89.7 Å². The molecule has 30 heavy (non-hydrogen) atoms. The van der Waals surface area contributed by atoms with Crippen molar-refractivity contribution in [2.75, 3.05) is 38.5 Å². The van der Waals surface area contributed by atoms with Crippen LogP contribution in [0.1, 0.15) is 24.0 Å². The van der Waals surface area contributed by atoms with Gasteiger partial charge in [0, 0.05) is 24.8 Å². The number of hydrogen-bond acceptors (Lipinski definition) is 6. The molecule has 4 rings (SSSR count). The molecule has 1 atom stereocenters. The molecule has 2 aromatic rings. The molecule has 7 nitrogen and oxygen atoms in total. The minimum absolute atomic E-state index is 0.00107. The van der Waals surface area contributed by atoms with Gasteiger partial charge in [-0.25, -0.2) is 4.98 Å². The average molecular weight is 411 g/mol. The molecule has 7 heteroatoms. The number of pyridine rings is 1. The van der Waals surface area contributed by atoms with Gasteiger partial charge in [0.2, 0.25) is 5.91 Å². The van der Waals surface area contributed by atoms with Crippen LogP contribution in [-0.2, 0) is 11.2 Å². The number of rotatable bonds is 6. The van der Waals surface area contributed by atoms with Crippen molar-refractivity contribution in [3.05, 3.63) is 47.7 Å². The van der Waals surface area contributed by atoms with Crippen molar-refractivity contribution in [1.29, 1.82) is 0 Å². The summed E-state index contributed by atoms with van der Waals surface area (Å²) in [6.07, 6.45) is 4.10. The van der Waals surface area contributed by atoms with Crippen molar-refractivity contribution >= 4 is 11.7 Å². The lowest BCUT2D eigenvalue weighted by Crippen LogP contribution is -2.45. The molecular weight excluding hydrogens is 380 g/mol. The van der Waals surface area contributed by atoms with Crippen LogP contribution in [0.4, 0.5) is 5.82 Å². The van der Waals surface area contributed by atoms with Gasteiger partial charge in [0.25, 0.3) is 0 Å². The number of anilines is 1. The maximum Gasteiger partial charge on any atom is 0.224 e. The van der Waals surface area contributed by atoms with E-state index in [1.165, 1.54) is 5.56 Å². The SMILES string of the molecule is Cc1ccc2c(c1)O[C@@H](CN1CCC(CNC(=O)Cc3cccnc3N)CC1)CO2. The van der Waals surface area contributed by atoms with Crippen LogP contribution in [0.3, 0.4) is 0 Å². The third kappa shape index (κ3) is 5.21. The predicted octanol–water partition coefficient (Wildman–Crippen LogP) is 2.18. The maximum absolute atomic E-state index is 12.2. The van der Waals surface area contributed by atoms with Crippen molar-refractivity contribution in [3.63, 3.8) is 0 Å². The van der Waals surface area contributed by atoms with Crippen molar-refractivity contribution in [2.45, 2.75) is 32.3 Å². The molecule has 0 unspecified atom stereocenters. The number of hydrogen-bond donors (Lipinski definition) is 2. The van der Waals surface area contributed by atoms with E-state index < -0.39 is 0 Å². The lowest BCUT2D eigenvalue weighted by Gasteiger charge is -2.35. The lowest BCUT2D eigenvalue weighted by atomic mass is 9.96. The van der Waals surface area contributed by atoms with Gasteiger partial charge in [-0.15, -0.1) is 0 Å². The molecule has 0 bridgehead atoms. The van der Waals surface area contributed by atoms with Crippen molar-refractivity contribution in [1.82, 2.24) is 15.2 Å². The molecule has 2 aliphatic rings. The van der Waals surface area contributed by atoms with Gasteiger partial charge in [-0.05, 0) is 62.5 Å². The summed E-state index contributed by atoms with van der Waals surface area (Å²) in [6.45, 7) is 6.24. The highest BCUT2D eigenvalue weighted by Gasteiger charge is 2.26. The lowest BCUT2D eigenvalue weighted by molar-refractivity contribution is -0.120. The summed E-state index contributed by atoms with van der Waals surface area (Å²) >= 11 is 0. The second-order valence-electron chi connectivity index (χ2n) is 8.27. The molecule has 2 aliphatic heterocycles. The number of piperidine rings is 1. The van der Waals surface area contributed by atoms with E-state index in [-0.39, 0.29) is 18.4 Å². The first kappa shape index (κ1) is 20.5. The molecule has 0 saturated carbocycles. The largest absolute Gasteiger partial charge is 0.486 e. The van der Waals surface area contributed by atoms with Crippen LogP contribution >= 0.6 is 0 Å². The molecule has 3 N–H and O–H groups in total. The Hall–Kier alpha value is -2.80. The summed E-state index contributed by atoms with van der Waals surface area (Å²) in [5.41, 5.74) is 7.77. The van der Waals surface area contributed by atoms with Crippen molar-refractivity contribution in [3.8, 4) is 11.5 Å². The Bertz CT molecular complexity index is 881. The number of benzene rings is 1. The Morgan fingerprint density at radius 2 is 2.10 bits per heavy atom. The minimum Gasteiger partial charge on any atom is -0.486 e. The van der Waals surface area contributed by atoms with Crippen LogP contribution < -0.4 is 20.5 Å². The van der Waals surface area contributed by atoms with Gasteiger partial charge in [0.15, 0.2) is 11.5 Å². The monoisotopic (exact) mass is 410 g/mol. The average Bonchev–Trinajstić information content (AvgIpc) is 2.75. The van der Waals surface area contributed by atoms with E-state index in [2.05, 4.69) is 22.1 Å². The van der Waals surface area contributed by atoms with E-state index in [0.717, 1.165) is 49.5 Å². The zero-order valence-electron chi connectivity index (χ0n) is 17.5. The fraction of sp³-hybridized carbons (Fsp3) is 0.478. The Kier molecular flexibility index (Phi) is 6.38. The predicted molar refractivity (Wildman–Crippen MR) is 116 cm³/mol. The molecule has 3 heterocycles. The Balaban J connectivity index is 1.17. The summed E-state index contributed by atoms with van der Waals surface area (Å²) in [5, 5.41) is 3.06. The van der Waals surface area contributed by atoms with Gasteiger partial charge >= 0.3 is 0 Å². The maximum atomic E-state index is 12.2. The minimum atomic E-state index is -0.00107. The Morgan fingerprint density at radius 1 is 1.27 bits per heavy atom. The second-order valence-corrected chi connectivity index (χ2v) is 8.27. The first-order chi connectivity index (χ1) is 14.6. The number of aryl methyl sites for hydroxylation is 1. The summed E-state index contributed by atoms with van der Waals surface area (Å²) in [7, 11) is 0. The summed E-state index contributed by atoms with van der Waals surface area (Å²) in [5.74, 6) is 2.60. The molecule has 0 radical (unpaired) electrons. The quantitative estimate of drug-likeness (QED) is 0.759. The van der Waals surface area contributed by atoms with Crippen LogP contribution in [0, 0.1) is 12.8 Å². The van der Waals surface area contributed by atoms with E-state index in [9.17, 15) is 4.79 Å². The van der Waals surface area contributed by atoms with Gasteiger partial charge in [-0.2, -0.15) is 0 Å². The third-order valence-corrected chi connectivity index (χ3v) is 5.85. The number of ether oxygens (including phenoxy) is 2. The molecule has 1 aromatic heterocycles. The Labute approximate surface area is 177 Å². The van der Waals surface area contributed by atoms with E-state index in [0.29, 0.717) is 24.9 Å². The highest BCUT2D eigenvalue weighted by Crippen LogP contribution is 2.32. The van der Waals surface area contributed by atoms with Crippen LogP contribution in [0.5, 0.6) is 11.5 Å². The van der Waals surface area contributed by atoms with E-state index >= 15 is 0 Å². The number of nitrogens with two attached hydrogens (primary N) is 1. The number of fused-ring (bicyclic) bond motifs is 1. The van der Waals surface area contributed by atoms with Gasteiger partial charge in [0.1, 0.15) is 18.5 Å². The summed E-state index contributed by atoms with van der Waals surface area (Å²) in [6, 6.07) is 9.70. The molecule has 0 aliphatic carbocycles. The number of carbonyl (C=O) groups is 1. The first-order valence-electron chi connectivity index (χ1n) is 10.7. The van der Waals surface area contributed by atoms with Gasteiger partial charge in [-0.1, -0.05) is 12.1 Å². The zero-order valence-corrected chi connectivity index (χ0v) is 17.5. The zero-order chi connectivity index (χ0) is 20.9. The fourth-order valence-electron chi connectivity index (χ4n) is 4.07. The van der Waals surface area contributed by atoms with Crippen LogP contribution in [-0.4, -0.2) is 54.7 Å². The fourth-order valence-corrected chi connectivity index (χ4v) is 4.07. The summed E-state index contributed by atoms with van der Waals surface area (Å²) < 4.78 is 12.0. The number of nitrogen functional groups attached to an aromatic ring is 1. The molecule has 1 amide bonds. The van der Waals surface area contributed by atoms with E-state index in [1.54, 1.807) is 12.3 Å². The van der Waals surface area contributed by atoms with Crippen molar-refractivity contribution < 1.29 is 14.3 Å². The number of aromatic nitrogens is 1. The van der Waals surface area contributed by atoms with Gasteiger partial charge in [0.05, 0.1) is 6.42 Å². The molecule has 0 spiro atoms. The molecule has 1 aromatic carbocycles. The van der Waals surface area contributed by atoms with Crippen LogP contribution in [0.2, 0.25) is 0 Å². The number of nitrogens with zero attached hydrogens (tertiary/aromatic N) is 2. The molecular formula is C23H30N4O3. The molecule has 160 valence electrons. The normalized spacial score (nSPS) is 19.4. The van der Waals surface area contributed by atoms with Crippen LogP contribution in [0.15, 0.2) is 36.5 Å². The summed E-state index contributed by atoms with van der Waals surface area (Å²) in [4.78, 5) is 18.7. The highest BCUT2D eigenvalue weighted by molar-refractivity contribution is 5.79. The number of likely N-dealkylation sites (tertiary alicyclic amines) is 1. The standard InChI is InChI=1S/C23H30N4O3/c1-16-4-5-20-21(11-16)30-19(15-29-20)14-27-9-6-17(7-10-27)13-26-22(28)12-18-3-2-8-25-23(18)24/h2-5,8,11,17,19H,6-7,9-10,12-15H2,1H3,(H2,24,25)(H,26,28)/t19-/m0/s1. The first-order valence-corrected chi connectivity index (χ1v) is 10.7. The molecule has 1 fully saturated rings. The Morgan fingerprint density at radius 3 is 2.90 bits per heavy atom. The second kappa shape index (κ2) is 9.34. The van der Waals surface area contributed by atoms with Crippen molar-refractivity contribution in [2.24, 2.45) is 5.92 Å². The van der Waals surface area contributed by atoms with Crippen LogP contribution in [0.25, 0.3) is 0 Å². The smallest absolute Gasteiger partial charge is 0.224 e. The van der Waals surface area contributed by atoms with Gasteiger partial charge < -0.3 is 20.5 Å². The number of amides is 1. The number of carbonyl (C=O) groups excluding carboxylic acids is 1. The third-order valence-electron chi connectivity index (χ3n) is 5.85. The number of nitrogens with one attached hydrogen (secondary N) is 1. The van der Waals surface area contributed by atoms with E-state index in [4.69, 9.17) is 15.2 Å².